The molecule has 0 unspecified atom stereocenters. The van der Waals surface area contributed by atoms with Crippen LogP contribution in [0.3, 0.4) is 0 Å². The Bertz CT molecular complexity index is 2390. The fourth-order valence-electron chi connectivity index (χ4n) is 6.71. The van der Waals surface area contributed by atoms with Crippen LogP contribution >= 0.6 is 0 Å². The molecule has 0 heterocycles. The van der Waals surface area contributed by atoms with E-state index in [1.54, 1.807) is 72.8 Å². The summed E-state index contributed by atoms with van der Waals surface area (Å²) >= 11 is 0. The van der Waals surface area contributed by atoms with E-state index >= 15 is 0 Å². The van der Waals surface area contributed by atoms with Crippen molar-refractivity contribution < 1.29 is 51.5 Å². The van der Waals surface area contributed by atoms with E-state index in [4.69, 9.17) is 8.37 Å². The highest BCUT2D eigenvalue weighted by atomic mass is 32.2. The van der Waals surface area contributed by atoms with Crippen molar-refractivity contribution in [1.29, 1.82) is 0 Å². The first-order valence-corrected chi connectivity index (χ1v) is 18.5. The summed E-state index contributed by atoms with van der Waals surface area (Å²) in [5.74, 6) is -1.20. The highest BCUT2D eigenvalue weighted by Crippen LogP contribution is 2.57. The van der Waals surface area contributed by atoms with Crippen LogP contribution < -0.4 is 8.37 Å². The third-order valence-corrected chi connectivity index (χ3v) is 10.8. The normalized spacial score (nSPS) is 13.9. The fraction of sp³-hybridized carbons (Fsp3) is 0.0769. The lowest BCUT2D eigenvalue weighted by molar-refractivity contribution is -0.0504. The third kappa shape index (κ3) is 6.11. The molecule has 0 bridgehead atoms. The number of halogens is 6. The molecule has 0 N–H and O–H groups in total. The number of hydrogen-bond donors (Lipinski definition) is 0. The van der Waals surface area contributed by atoms with Crippen LogP contribution in [0.5, 0.6) is 11.5 Å². The molecule has 1 aliphatic rings. The molecule has 0 saturated heterocycles. The van der Waals surface area contributed by atoms with Crippen LogP contribution in [0.2, 0.25) is 0 Å². The molecule has 6 aromatic rings. The Labute approximate surface area is 300 Å². The summed E-state index contributed by atoms with van der Waals surface area (Å²) in [6.45, 7) is 0. The molecule has 0 fully saturated rings. The van der Waals surface area contributed by atoms with E-state index in [0.717, 1.165) is 23.3 Å². The van der Waals surface area contributed by atoms with Gasteiger partial charge in [-0.05, 0) is 68.8 Å². The smallest absolute Gasteiger partial charge is 0.375 e. The number of hydrogen-bond acceptors (Lipinski definition) is 6. The summed E-state index contributed by atoms with van der Waals surface area (Å²) < 4.78 is 140. The SMILES string of the molecule is O=S(=O)(Oc1ccc(C2(c3ccc(OS(=O)(=O)C(F)(F)F)c(-c4ccccc4)c3)c3ccccc3-c3ccccc32)cc1-c1ccccc1)C(F)(F)F. The number of rotatable bonds is 8. The summed E-state index contributed by atoms with van der Waals surface area (Å²) in [6.07, 6.45) is 0. The van der Waals surface area contributed by atoms with Crippen molar-refractivity contribution >= 4 is 20.2 Å². The second-order valence-corrected chi connectivity index (χ2v) is 15.0. The number of benzene rings is 6. The largest absolute Gasteiger partial charge is 0.534 e. The van der Waals surface area contributed by atoms with Crippen LogP contribution in [0.25, 0.3) is 33.4 Å². The predicted molar refractivity (Wildman–Crippen MR) is 186 cm³/mol. The van der Waals surface area contributed by atoms with Crippen molar-refractivity contribution in [3.05, 3.63) is 168 Å². The third-order valence-electron chi connectivity index (χ3n) is 8.91. The zero-order chi connectivity index (χ0) is 37.8. The maximum absolute atomic E-state index is 13.5. The van der Waals surface area contributed by atoms with Crippen molar-refractivity contribution in [1.82, 2.24) is 0 Å². The molecule has 14 heteroatoms. The topological polar surface area (TPSA) is 86.7 Å². The maximum atomic E-state index is 13.5. The quantitative estimate of drug-likeness (QED) is 0.0870. The fourth-order valence-corrected chi connectivity index (χ4v) is 7.67. The molecule has 7 rings (SSSR count). The van der Waals surface area contributed by atoms with Gasteiger partial charge >= 0.3 is 31.3 Å². The molecule has 270 valence electrons. The van der Waals surface area contributed by atoms with Gasteiger partial charge in [0.15, 0.2) is 11.5 Å². The van der Waals surface area contributed by atoms with Crippen LogP contribution in [-0.4, -0.2) is 27.9 Å². The number of alkyl halides is 6. The molecule has 0 amide bonds. The predicted octanol–water partition coefficient (Wildman–Crippen LogP) is 9.84. The monoisotopic (exact) mass is 766 g/mol. The second-order valence-electron chi connectivity index (χ2n) is 12.0. The molecule has 6 nitrogen and oxygen atoms in total. The van der Waals surface area contributed by atoms with Crippen LogP contribution in [0, 0.1) is 0 Å². The molecule has 1 aliphatic carbocycles. The van der Waals surface area contributed by atoms with Crippen molar-refractivity contribution in [2.45, 2.75) is 16.4 Å². The second kappa shape index (κ2) is 12.8. The van der Waals surface area contributed by atoms with Gasteiger partial charge in [0.05, 0.1) is 5.41 Å². The lowest BCUT2D eigenvalue weighted by Crippen LogP contribution is -2.30. The van der Waals surface area contributed by atoms with Gasteiger partial charge in [0, 0.05) is 11.1 Å². The Morgan fingerprint density at radius 2 is 0.755 bits per heavy atom. The molecular formula is C39H24F6O6S2. The average molecular weight is 767 g/mol. The Morgan fingerprint density at radius 3 is 1.11 bits per heavy atom. The molecule has 0 aliphatic heterocycles. The summed E-state index contributed by atoms with van der Waals surface area (Å²) in [7, 11) is -12.2. The molecule has 0 spiro atoms. The van der Waals surface area contributed by atoms with Gasteiger partial charge in [0.1, 0.15) is 0 Å². The minimum absolute atomic E-state index is 0.00308. The van der Waals surface area contributed by atoms with Crippen molar-refractivity contribution in [3.63, 3.8) is 0 Å². The van der Waals surface area contributed by atoms with E-state index in [1.165, 1.54) is 24.3 Å². The van der Waals surface area contributed by atoms with E-state index in [0.29, 0.717) is 33.4 Å². The van der Waals surface area contributed by atoms with Gasteiger partial charge < -0.3 is 8.37 Å². The Kier molecular flexibility index (Phi) is 8.65. The van der Waals surface area contributed by atoms with E-state index in [2.05, 4.69) is 0 Å². The first-order valence-electron chi connectivity index (χ1n) is 15.7. The van der Waals surface area contributed by atoms with Crippen LogP contribution in [0.1, 0.15) is 22.3 Å². The minimum Gasteiger partial charge on any atom is -0.375 e. The summed E-state index contributed by atoms with van der Waals surface area (Å²) in [5, 5.41) is 0. The lowest BCUT2D eigenvalue weighted by atomic mass is 9.67. The summed E-state index contributed by atoms with van der Waals surface area (Å²) in [4.78, 5) is 0. The average Bonchev–Trinajstić information content (AvgIpc) is 3.43. The van der Waals surface area contributed by atoms with E-state index in [1.807, 2.05) is 36.4 Å². The highest BCUT2D eigenvalue weighted by molar-refractivity contribution is 7.88. The van der Waals surface area contributed by atoms with Crippen molar-refractivity contribution in [2.24, 2.45) is 0 Å². The number of fused-ring (bicyclic) bond motifs is 3. The summed E-state index contributed by atoms with van der Waals surface area (Å²) in [6, 6.07) is 38.7. The molecule has 0 aromatic heterocycles. The first kappa shape index (κ1) is 35.8. The molecular weight excluding hydrogens is 743 g/mol. The van der Waals surface area contributed by atoms with E-state index in [9.17, 15) is 43.2 Å². The zero-order valence-corrected chi connectivity index (χ0v) is 28.5. The Balaban J connectivity index is 1.56. The maximum Gasteiger partial charge on any atom is 0.534 e. The van der Waals surface area contributed by atoms with Gasteiger partial charge in [0.2, 0.25) is 0 Å². The van der Waals surface area contributed by atoms with Gasteiger partial charge in [-0.25, -0.2) is 0 Å². The molecule has 0 saturated carbocycles. The van der Waals surface area contributed by atoms with Crippen LogP contribution in [-0.2, 0) is 25.7 Å². The van der Waals surface area contributed by atoms with Gasteiger partial charge in [-0.15, -0.1) is 0 Å². The van der Waals surface area contributed by atoms with Gasteiger partial charge in [-0.3, -0.25) is 0 Å². The van der Waals surface area contributed by atoms with Crippen molar-refractivity contribution in [2.75, 3.05) is 0 Å². The van der Waals surface area contributed by atoms with Gasteiger partial charge in [0.25, 0.3) is 0 Å². The van der Waals surface area contributed by atoms with Crippen molar-refractivity contribution in [3.8, 4) is 44.9 Å². The van der Waals surface area contributed by atoms with E-state index < -0.39 is 48.2 Å². The molecule has 53 heavy (non-hydrogen) atoms. The Morgan fingerprint density at radius 1 is 0.415 bits per heavy atom. The first-order chi connectivity index (χ1) is 25.0. The Hall–Kier alpha value is -5.60. The van der Waals surface area contributed by atoms with Gasteiger partial charge in [-0.2, -0.15) is 43.2 Å². The molecule has 0 radical (unpaired) electrons. The highest BCUT2D eigenvalue weighted by Gasteiger charge is 2.51. The van der Waals surface area contributed by atoms with E-state index in [-0.39, 0.29) is 11.1 Å². The van der Waals surface area contributed by atoms with Crippen LogP contribution in [0.15, 0.2) is 146 Å². The molecule has 0 atom stereocenters. The summed E-state index contributed by atoms with van der Waals surface area (Å²) in [5.41, 5.74) is -8.44. The van der Waals surface area contributed by atoms with Gasteiger partial charge in [-0.1, -0.05) is 121 Å². The lowest BCUT2D eigenvalue weighted by Gasteiger charge is -2.35. The minimum atomic E-state index is -6.09. The van der Waals surface area contributed by atoms with Crippen LogP contribution in [0.4, 0.5) is 26.3 Å². The molecule has 6 aromatic carbocycles. The standard InChI is InChI=1S/C39H24F6O6S2/c40-38(41,42)52(46,47)50-35-21-19-27(23-31(35)25-11-3-1-4-12-25)37(33-17-9-7-15-29(33)30-16-8-10-18-34(30)37)28-20-22-36(51-53(48,49)39(43,44)45)32(24-28)26-13-5-2-6-14-26/h1-24H. The zero-order valence-electron chi connectivity index (χ0n) is 26.9.